The average Bonchev–Trinajstić information content (AvgIpc) is 3.00. The van der Waals surface area contributed by atoms with Gasteiger partial charge in [-0.05, 0) is 71.4 Å². The Kier molecular flexibility index (Phi) is 7.47. The Balaban J connectivity index is 2.64. The first-order valence-electron chi connectivity index (χ1n) is 8.54. The van der Waals surface area contributed by atoms with E-state index < -0.39 is 33.8 Å². The van der Waals surface area contributed by atoms with Crippen LogP contribution in [0.3, 0.4) is 0 Å². The smallest absolute Gasteiger partial charge is 0.315 e. The number of hydrogen-bond donors (Lipinski definition) is 0. The number of ether oxygens (including phenoxy) is 2. The molecule has 0 spiro atoms. The fraction of sp³-hybridized carbons (Fsp3) is 1.00. The van der Waals surface area contributed by atoms with E-state index in [0.717, 1.165) is 19.1 Å². The normalized spacial score (nSPS) is 22.0. The molecule has 0 amide bonds. The Morgan fingerprint density at radius 3 is 1.78 bits per heavy atom. The van der Waals surface area contributed by atoms with Gasteiger partial charge in [-0.15, -0.1) is 0 Å². The average molecular weight is 397 g/mol. The summed E-state index contributed by atoms with van der Waals surface area (Å²) in [6, 6.07) is 0.940. The first kappa shape index (κ1) is 21.7. The van der Waals surface area contributed by atoms with Crippen LogP contribution in [0.1, 0.15) is 6.42 Å². The zero-order valence-electron chi connectivity index (χ0n) is 16.4. The summed E-state index contributed by atoms with van der Waals surface area (Å²) in [6.45, 7) is 21.3. The van der Waals surface area contributed by atoms with Crippen molar-refractivity contribution in [3.63, 3.8) is 0 Å². The molecule has 0 bridgehead atoms. The molecule has 0 aliphatic carbocycles. The highest BCUT2D eigenvalue weighted by atomic mass is 28.5. The predicted octanol–water partition coefficient (Wildman–Crippen LogP) is 4.24. The quantitative estimate of drug-likeness (QED) is 0.297. The second-order valence-electron chi connectivity index (χ2n) is 8.80. The lowest BCUT2D eigenvalue weighted by atomic mass is 10.5. The first-order chi connectivity index (χ1) is 10.2. The van der Waals surface area contributed by atoms with Crippen LogP contribution in [0.2, 0.25) is 65.0 Å². The molecule has 1 heterocycles. The molecule has 1 aliphatic rings. The van der Waals surface area contributed by atoms with Crippen LogP contribution in [0.4, 0.5) is 0 Å². The van der Waals surface area contributed by atoms with E-state index in [1.807, 2.05) is 0 Å². The van der Waals surface area contributed by atoms with E-state index in [2.05, 4.69) is 58.9 Å². The number of rotatable bonds is 11. The molecule has 2 unspecified atom stereocenters. The third-order valence-electron chi connectivity index (χ3n) is 2.92. The molecule has 23 heavy (non-hydrogen) atoms. The minimum Gasteiger partial charge on any atom is -0.437 e. The molecule has 0 aromatic rings. The lowest BCUT2D eigenvalue weighted by Crippen LogP contribution is -2.56. The van der Waals surface area contributed by atoms with Gasteiger partial charge in [0.05, 0.1) is 0 Å². The molecule has 0 aromatic heterocycles. The Bertz CT molecular complexity index is 376. The minimum absolute atomic E-state index is 0.0304. The van der Waals surface area contributed by atoms with Gasteiger partial charge >= 0.3 is 17.1 Å². The molecule has 2 atom stereocenters. The Labute approximate surface area is 146 Å². The maximum absolute atomic E-state index is 6.62. The van der Waals surface area contributed by atoms with E-state index in [-0.39, 0.29) is 6.29 Å². The molecule has 1 fully saturated rings. The highest BCUT2D eigenvalue weighted by Gasteiger charge is 2.44. The molecule has 9 heteroatoms. The molecule has 0 aromatic carbocycles. The van der Waals surface area contributed by atoms with Gasteiger partial charge < -0.3 is 21.8 Å². The van der Waals surface area contributed by atoms with E-state index in [4.69, 9.17) is 21.8 Å². The van der Waals surface area contributed by atoms with Gasteiger partial charge in [0.1, 0.15) is 6.61 Å². The topological polar surface area (TPSA) is 49.5 Å². The number of epoxide rings is 1. The molecule has 0 saturated carbocycles. The van der Waals surface area contributed by atoms with Crippen LogP contribution in [0, 0.1) is 0 Å². The van der Waals surface area contributed by atoms with Gasteiger partial charge in [0.2, 0.25) is 0 Å². The summed E-state index contributed by atoms with van der Waals surface area (Å²) in [5.74, 6) is 0. The van der Waals surface area contributed by atoms with Crippen molar-refractivity contribution in [3.05, 3.63) is 0 Å². The summed E-state index contributed by atoms with van der Waals surface area (Å²) >= 11 is 0. The second kappa shape index (κ2) is 7.92. The third kappa shape index (κ3) is 11.0. The minimum atomic E-state index is -2.27. The molecule has 0 radical (unpaired) electrons. The van der Waals surface area contributed by atoms with Crippen LogP contribution in [0.15, 0.2) is 0 Å². The maximum atomic E-state index is 6.62. The van der Waals surface area contributed by atoms with E-state index in [1.165, 1.54) is 0 Å². The summed E-state index contributed by atoms with van der Waals surface area (Å²) in [7, 11) is -7.75. The van der Waals surface area contributed by atoms with E-state index >= 15 is 0 Å². The van der Waals surface area contributed by atoms with Crippen molar-refractivity contribution in [3.8, 4) is 0 Å². The zero-order chi connectivity index (χ0) is 17.9. The van der Waals surface area contributed by atoms with Gasteiger partial charge in [0.15, 0.2) is 22.9 Å². The van der Waals surface area contributed by atoms with Gasteiger partial charge in [-0.3, -0.25) is 0 Å². The van der Waals surface area contributed by atoms with Gasteiger partial charge in [0.25, 0.3) is 0 Å². The van der Waals surface area contributed by atoms with Crippen LogP contribution in [-0.4, -0.2) is 53.3 Å². The van der Waals surface area contributed by atoms with Crippen LogP contribution < -0.4 is 0 Å². The highest BCUT2D eigenvalue weighted by Crippen LogP contribution is 2.28. The molecular weight excluding hydrogens is 360 g/mol. The van der Waals surface area contributed by atoms with Crippen LogP contribution in [-0.2, 0) is 21.8 Å². The SMILES string of the molecule is C[Si](C)(C)O[Si](C)(C)O[Si](C)(CCCOC1CO1)O[Si](C)(C)C. The van der Waals surface area contributed by atoms with Gasteiger partial charge in [-0.2, -0.15) is 0 Å². The second-order valence-corrected chi connectivity index (χ2v) is 25.3. The van der Waals surface area contributed by atoms with Gasteiger partial charge in [-0.1, -0.05) is 0 Å². The van der Waals surface area contributed by atoms with Crippen LogP contribution >= 0.6 is 0 Å². The molecule has 1 saturated heterocycles. The highest BCUT2D eigenvalue weighted by molar-refractivity contribution is 6.89. The standard InChI is InChI=1S/C14H36O5Si4/c1-20(2,3)17-22(7,8)19-23(9,18-21(4,5)6)12-10-11-15-14-13-16-14/h14H,10-13H2,1-9H3. The summed E-state index contributed by atoms with van der Waals surface area (Å²) in [6.07, 6.45) is 0.979. The lowest BCUT2D eigenvalue weighted by molar-refractivity contribution is 0.0499. The van der Waals surface area contributed by atoms with Crippen molar-refractivity contribution < 1.29 is 21.8 Å². The number of hydrogen-bond acceptors (Lipinski definition) is 5. The maximum Gasteiger partial charge on any atom is 0.315 e. The van der Waals surface area contributed by atoms with E-state index in [9.17, 15) is 0 Å². The Morgan fingerprint density at radius 1 is 0.826 bits per heavy atom. The molecule has 5 nitrogen and oxygen atoms in total. The van der Waals surface area contributed by atoms with E-state index in [1.54, 1.807) is 0 Å². The lowest BCUT2D eigenvalue weighted by Gasteiger charge is -2.41. The van der Waals surface area contributed by atoms with Crippen LogP contribution in [0.5, 0.6) is 0 Å². The van der Waals surface area contributed by atoms with Crippen molar-refractivity contribution >= 4 is 33.8 Å². The van der Waals surface area contributed by atoms with Crippen molar-refractivity contribution in [1.82, 2.24) is 0 Å². The summed E-state index contributed by atoms with van der Waals surface area (Å²) in [5, 5.41) is 0. The fourth-order valence-corrected chi connectivity index (χ4v) is 20.7. The molecular formula is C14H36O5Si4. The van der Waals surface area contributed by atoms with Crippen molar-refractivity contribution in [1.29, 1.82) is 0 Å². The summed E-state index contributed by atoms with van der Waals surface area (Å²) in [5.41, 5.74) is 0. The monoisotopic (exact) mass is 396 g/mol. The molecule has 1 aliphatic heterocycles. The molecule has 0 N–H and O–H groups in total. The predicted molar refractivity (Wildman–Crippen MR) is 104 cm³/mol. The third-order valence-corrected chi connectivity index (χ3v) is 16.5. The van der Waals surface area contributed by atoms with Gasteiger partial charge in [0, 0.05) is 6.61 Å². The fourth-order valence-electron chi connectivity index (χ4n) is 2.79. The van der Waals surface area contributed by atoms with Gasteiger partial charge in [-0.25, -0.2) is 0 Å². The summed E-state index contributed by atoms with van der Waals surface area (Å²) in [4.78, 5) is 0. The summed E-state index contributed by atoms with van der Waals surface area (Å²) < 4.78 is 30.2. The largest absolute Gasteiger partial charge is 0.437 e. The van der Waals surface area contributed by atoms with E-state index in [0.29, 0.717) is 6.61 Å². The van der Waals surface area contributed by atoms with Crippen molar-refractivity contribution in [2.24, 2.45) is 0 Å². The van der Waals surface area contributed by atoms with Crippen LogP contribution in [0.25, 0.3) is 0 Å². The zero-order valence-corrected chi connectivity index (χ0v) is 20.4. The Hall–Kier alpha value is 0.668. The van der Waals surface area contributed by atoms with Crippen molar-refractivity contribution in [2.45, 2.75) is 77.7 Å². The first-order valence-corrected chi connectivity index (χ1v) is 20.7. The molecule has 1 rings (SSSR count). The van der Waals surface area contributed by atoms with Crippen molar-refractivity contribution in [2.75, 3.05) is 13.2 Å². The Morgan fingerprint density at radius 2 is 1.35 bits per heavy atom. The molecule has 138 valence electrons.